The lowest BCUT2D eigenvalue weighted by atomic mass is 9.76. The predicted molar refractivity (Wildman–Crippen MR) is 145 cm³/mol. The molecule has 0 radical (unpaired) electrons. The summed E-state index contributed by atoms with van der Waals surface area (Å²) in [6.07, 6.45) is 7.31. The summed E-state index contributed by atoms with van der Waals surface area (Å²) in [5.41, 5.74) is 0.196. The van der Waals surface area contributed by atoms with Crippen LogP contribution in [-0.4, -0.2) is 104 Å². The number of rotatable bonds is 23. The third kappa shape index (κ3) is 12.5. The summed E-state index contributed by atoms with van der Waals surface area (Å²) < 4.78 is 17.9. The zero-order valence-corrected chi connectivity index (χ0v) is 24.9. The minimum Gasteiger partial charge on any atom is -0.377 e. The standard InChI is InChI=1S/C26H59N3O3Si/c1-10-27(11-2)22-16-19-26(20-17-23-28(12-3)13-4,21-18-24-29(14-5)15-6)25-33(30-7,31-8)32-9/h10-25H2,1-9H3. The van der Waals surface area contributed by atoms with Gasteiger partial charge in [-0.05, 0) is 103 Å². The molecule has 0 bridgehead atoms. The van der Waals surface area contributed by atoms with Crippen LogP contribution < -0.4 is 0 Å². The predicted octanol–water partition coefficient (Wildman–Crippen LogP) is 5.22. The molecule has 7 heteroatoms. The maximum absolute atomic E-state index is 5.96. The molecule has 0 aliphatic heterocycles. The van der Waals surface area contributed by atoms with Crippen LogP contribution >= 0.6 is 0 Å². The number of hydrogen-bond acceptors (Lipinski definition) is 6. The van der Waals surface area contributed by atoms with E-state index in [-0.39, 0.29) is 5.41 Å². The minimum atomic E-state index is -2.68. The Morgan fingerprint density at radius 3 is 1.00 bits per heavy atom. The average Bonchev–Trinajstić information content (AvgIpc) is 2.86. The van der Waals surface area contributed by atoms with Crippen LogP contribution in [0, 0.1) is 5.41 Å². The van der Waals surface area contributed by atoms with Gasteiger partial charge in [-0.15, -0.1) is 0 Å². The molecule has 0 heterocycles. The van der Waals surface area contributed by atoms with Gasteiger partial charge in [0.05, 0.1) is 0 Å². The molecule has 0 rings (SSSR count). The second kappa shape index (κ2) is 19.2. The monoisotopic (exact) mass is 489 g/mol. The molecule has 0 fully saturated rings. The Bertz CT molecular complexity index is 387. The van der Waals surface area contributed by atoms with Crippen molar-refractivity contribution >= 4 is 8.80 Å². The van der Waals surface area contributed by atoms with E-state index < -0.39 is 8.80 Å². The van der Waals surface area contributed by atoms with Gasteiger partial charge in [0.1, 0.15) is 0 Å². The summed E-state index contributed by atoms with van der Waals surface area (Å²) in [6, 6.07) is 0.915. The summed E-state index contributed by atoms with van der Waals surface area (Å²) in [7, 11) is 2.63. The Balaban J connectivity index is 5.69. The molecular formula is C26H59N3O3Si. The molecule has 0 unspecified atom stereocenters. The van der Waals surface area contributed by atoms with E-state index in [0.717, 1.165) is 45.3 Å². The zero-order chi connectivity index (χ0) is 25.2. The van der Waals surface area contributed by atoms with Crippen molar-refractivity contribution in [3.05, 3.63) is 0 Å². The molecule has 0 aromatic rings. The quantitative estimate of drug-likeness (QED) is 0.183. The Morgan fingerprint density at radius 2 is 0.788 bits per heavy atom. The Morgan fingerprint density at radius 1 is 0.515 bits per heavy atom. The Kier molecular flexibility index (Phi) is 19.2. The van der Waals surface area contributed by atoms with Crippen LogP contribution in [0.5, 0.6) is 0 Å². The fraction of sp³-hybridized carbons (Fsp3) is 1.00. The molecular weight excluding hydrogens is 430 g/mol. The van der Waals surface area contributed by atoms with Gasteiger partial charge in [0, 0.05) is 27.4 Å². The number of hydrogen-bond donors (Lipinski definition) is 0. The smallest absolute Gasteiger partial charge is 0.377 e. The lowest BCUT2D eigenvalue weighted by Gasteiger charge is -2.40. The molecule has 0 spiro atoms. The van der Waals surface area contributed by atoms with E-state index >= 15 is 0 Å². The second-order valence-corrected chi connectivity index (χ2v) is 12.3. The van der Waals surface area contributed by atoms with Gasteiger partial charge in [0.2, 0.25) is 0 Å². The van der Waals surface area contributed by atoms with Gasteiger partial charge in [-0.25, -0.2) is 0 Å². The summed E-state index contributed by atoms with van der Waals surface area (Å²) in [5.74, 6) is 0. The van der Waals surface area contributed by atoms with Crippen LogP contribution in [0.15, 0.2) is 0 Å². The normalized spacial score (nSPS) is 13.1. The molecule has 0 saturated carbocycles. The van der Waals surface area contributed by atoms with Gasteiger partial charge in [0.25, 0.3) is 0 Å². The third-order valence-electron chi connectivity index (χ3n) is 7.75. The van der Waals surface area contributed by atoms with Crippen LogP contribution in [0.25, 0.3) is 0 Å². The minimum absolute atomic E-state index is 0.196. The average molecular weight is 490 g/mol. The molecule has 0 aliphatic carbocycles. The fourth-order valence-electron chi connectivity index (χ4n) is 5.22. The van der Waals surface area contributed by atoms with E-state index in [0.29, 0.717) is 0 Å². The molecule has 0 aliphatic rings. The molecule has 200 valence electrons. The number of nitrogens with zero attached hydrogens (tertiary/aromatic N) is 3. The second-order valence-electron chi connectivity index (χ2n) is 9.36. The summed E-state index contributed by atoms with van der Waals surface area (Å²) in [4.78, 5) is 7.64. The molecule has 0 amide bonds. The van der Waals surface area contributed by atoms with Crippen LogP contribution in [0.4, 0.5) is 0 Å². The van der Waals surface area contributed by atoms with Crippen molar-refractivity contribution < 1.29 is 13.3 Å². The van der Waals surface area contributed by atoms with E-state index in [2.05, 4.69) is 56.2 Å². The molecule has 0 atom stereocenters. The van der Waals surface area contributed by atoms with Crippen molar-refractivity contribution in [2.75, 3.05) is 80.2 Å². The van der Waals surface area contributed by atoms with Crippen molar-refractivity contribution in [3.8, 4) is 0 Å². The molecule has 0 aromatic heterocycles. The molecule has 0 N–H and O–H groups in total. The molecule has 0 saturated heterocycles. The Labute approximate surface area is 208 Å². The SMILES string of the molecule is CCN(CC)CCCC(CCCN(CC)CC)(CCCN(CC)CC)C[Si](OC)(OC)OC. The first kappa shape index (κ1) is 33.0. The van der Waals surface area contributed by atoms with Crippen LogP contribution in [0.2, 0.25) is 6.04 Å². The molecule has 33 heavy (non-hydrogen) atoms. The first-order valence-electron chi connectivity index (χ1n) is 13.7. The summed E-state index contributed by atoms with van der Waals surface area (Å²) in [5, 5.41) is 0. The van der Waals surface area contributed by atoms with Gasteiger partial charge in [-0.3, -0.25) is 0 Å². The first-order valence-corrected chi connectivity index (χ1v) is 15.6. The van der Waals surface area contributed by atoms with Crippen molar-refractivity contribution in [1.29, 1.82) is 0 Å². The third-order valence-corrected chi connectivity index (χ3v) is 10.8. The van der Waals surface area contributed by atoms with Crippen LogP contribution in [-0.2, 0) is 13.3 Å². The van der Waals surface area contributed by atoms with Gasteiger partial charge < -0.3 is 28.0 Å². The van der Waals surface area contributed by atoms with E-state index in [4.69, 9.17) is 13.3 Å². The van der Waals surface area contributed by atoms with Gasteiger partial charge in [-0.1, -0.05) is 41.5 Å². The van der Waals surface area contributed by atoms with Gasteiger partial charge >= 0.3 is 8.80 Å². The Hall–Kier alpha value is -0.0231. The first-order chi connectivity index (χ1) is 15.9. The highest BCUT2D eigenvalue weighted by atomic mass is 28.4. The van der Waals surface area contributed by atoms with E-state index in [1.54, 1.807) is 21.3 Å². The van der Waals surface area contributed by atoms with Crippen LogP contribution in [0.1, 0.15) is 80.1 Å². The van der Waals surface area contributed by atoms with Crippen molar-refractivity contribution in [1.82, 2.24) is 14.7 Å². The maximum Gasteiger partial charge on any atom is 0.500 e. The topological polar surface area (TPSA) is 37.4 Å². The van der Waals surface area contributed by atoms with Crippen molar-refractivity contribution in [2.45, 2.75) is 86.1 Å². The maximum atomic E-state index is 5.96. The summed E-state index contributed by atoms with van der Waals surface area (Å²) in [6.45, 7) is 23.9. The van der Waals surface area contributed by atoms with E-state index in [9.17, 15) is 0 Å². The summed E-state index contributed by atoms with van der Waals surface area (Å²) >= 11 is 0. The van der Waals surface area contributed by atoms with Crippen LogP contribution in [0.3, 0.4) is 0 Å². The molecule has 0 aromatic carbocycles. The van der Waals surface area contributed by atoms with Gasteiger partial charge in [-0.2, -0.15) is 0 Å². The lowest BCUT2D eigenvalue weighted by molar-refractivity contribution is 0.0906. The largest absolute Gasteiger partial charge is 0.500 e. The molecule has 6 nitrogen and oxygen atoms in total. The van der Waals surface area contributed by atoms with Gasteiger partial charge in [0.15, 0.2) is 0 Å². The van der Waals surface area contributed by atoms with Crippen molar-refractivity contribution in [2.24, 2.45) is 5.41 Å². The lowest BCUT2D eigenvalue weighted by Crippen LogP contribution is -2.48. The van der Waals surface area contributed by atoms with Crippen molar-refractivity contribution in [3.63, 3.8) is 0 Å². The highest BCUT2D eigenvalue weighted by Gasteiger charge is 2.46. The van der Waals surface area contributed by atoms with E-state index in [1.807, 2.05) is 0 Å². The van der Waals surface area contributed by atoms with E-state index in [1.165, 1.54) is 58.2 Å². The highest BCUT2D eigenvalue weighted by molar-refractivity contribution is 6.60. The fourth-order valence-corrected chi connectivity index (χ4v) is 7.60. The highest BCUT2D eigenvalue weighted by Crippen LogP contribution is 2.43. The zero-order valence-electron chi connectivity index (χ0n) is 23.9.